The summed E-state index contributed by atoms with van der Waals surface area (Å²) in [6.45, 7) is 23.6. The second kappa shape index (κ2) is 16.0. The van der Waals surface area contributed by atoms with Crippen molar-refractivity contribution in [2.45, 2.75) is 0 Å². The van der Waals surface area contributed by atoms with Gasteiger partial charge in [-0.25, -0.2) is 24.5 Å². The molecule has 0 N–H and O–H groups in total. The Morgan fingerprint density at radius 1 is 0.380 bits per heavy atom. The molecule has 0 saturated carbocycles. The molecule has 0 fully saturated rings. The van der Waals surface area contributed by atoms with E-state index in [1.807, 2.05) is 91.0 Å². The van der Waals surface area contributed by atoms with E-state index in [1.165, 1.54) is 0 Å². The van der Waals surface area contributed by atoms with Gasteiger partial charge in [0.05, 0.1) is 75.8 Å². The van der Waals surface area contributed by atoms with Crippen molar-refractivity contribution in [2.24, 2.45) is 0 Å². The van der Waals surface area contributed by atoms with E-state index in [2.05, 4.69) is 131 Å². The minimum absolute atomic E-state index is 0.408. The number of fused-ring (bicyclic) bond motifs is 9. The molecule has 0 spiro atoms. The van der Waals surface area contributed by atoms with E-state index < -0.39 is 0 Å². The van der Waals surface area contributed by atoms with E-state index >= 15 is 0 Å². The lowest BCUT2D eigenvalue weighted by molar-refractivity contribution is 1.16. The minimum atomic E-state index is 0.408. The molecule has 0 aliphatic carbocycles. The van der Waals surface area contributed by atoms with E-state index in [9.17, 15) is 5.26 Å². The monoisotopic (exact) mass is 903 g/mol. The summed E-state index contributed by atoms with van der Waals surface area (Å²) in [4.78, 5) is 21.3. The summed E-state index contributed by atoms with van der Waals surface area (Å²) in [5, 5.41) is 16.2. The second-order valence-corrected chi connectivity index (χ2v) is 17.4. The van der Waals surface area contributed by atoms with Gasteiger partial charge in [-0.15, -0.1) is 0 Å². The molecule has 0 saturated heterocycles. The van der Waals surface area contributed by atoms with Crippen molar-refractivity contribution in [2.75, 3.05) is 0 Å². The summed E-state index contributed by atoms with van der Waals surface area (Å²) in [5.74, 6) is 0.408. The van der Waals surface area contributed by atoms with Crippen LogP contribution in [0.1, 0.15) is 5.56 Å². The number of rotatable bonds is 6. The Balaban J connectivity index is 1.02. The average molecular weight is 904 g/mol. The third kappa shape index (κ3) is 6.37. The maximum atomic E-state index is 9.86. The van der Waals surface area contributed by atoms with E-state index in [0.29, 0.717) is 51.0 Å². The van der Waals surface area contributed by atoms with Gasteiger partial charge in [-0.3, -0.25) is 0 Å². The number of hydrogen-bond acceptors (Lipinski definition) is 3. The van der Waals surface area contributed by atoms with Crippen LogP contribution in [0.5, 0.6) is 0 Å². The standard InChI is InChI=1S/C62H33N9/c1-64-40-23-29-59-49(33-40)45-13-7-11-19-57(45)71(59)43-27-31-61-51(35-43)50-34-42(70-56-18-10-6-12-44(56)48-32-38(37-63)20-28-58(48)70)26-30-60(50)69(61)41-24-21-39(22-25-41)54-36-55(46-14-4-8-16-52(46)65-2)68-62(67-54)47-15-5-9-17-53(47)66-3/h4-36H. The van der Waals surface area contributed by atoms with Crippen LogP contribution in [0.25, 0.3) is 131 Å². The largest absolute Gasteiger partial charge is 0.309 e. The summed E-state index contributed by atoms with van der Waals surface area (Å²) in [7, 11) is 0. The number of hydrogen-bond donors (Lipinski definition) is 0. The van der Waals surface area contributed by atoms with Gasteiger partial charge in [-0.2, -0.15) is 5.26 Å². The fourth-order valence-electron chi connectivity index (χ4n) is 10.4. The average Bonchev–Trinajstić information content (AvgIpc) is 4.07. The van der Waals surface area contributed by atoms with E-state index in [1.54, 1.807) is 12.1 Å². The highest BCUT2D eigenvalue weighted by Gasteiger charge is 2.21. The lowest BCUT2D eigenvalue weighted by atomic mass is 10.0. The molecule has 71 heavy (non-hydrogen) atoms. The van der Waals surface area contributed by atoms with Gasteiger partial charge in [0.2, 0.25) is 0 Å². The first-order valence-electron chi connectivity index (χ1n) is 22.9. The second-order valence-electron chi connectivity index (χ2n) is 17.4. The number of aromatic nitrogens is 5. The summed E-state index contributed by atoms with van der Waals surface area (Å²) in [6, 6.07) is 69.1. The summed E-state index contributed by atoms with van der Waals surface area (Å²) >= 11 is 0. The number of nitrogens with zero attached hydrogens (tertiary/aromatic N) is 9. The van der Waals surface area contributed by atoms with Crippen molar-refractivity contribution in [3.8, 4) is 57.0 Å². The molecule has 4 aromatic heterocycles. The molecule has 4 heterocycles. The number of nitriles is 1. The molecule has 0 bridgehead atoms. The lowest BCUT2D eigenvalue weighted by Gasteiger charge is -2.13. The summed E-state index contributed by atoms with van der Waals surface area (Å²) in [5.41, 5.74) is 14.7. The summed E-state index contributed by atoms with van der Waals surface area (Å²) < 4.78 is 6.87. The van der Waals surface area contributed by atoms with Crippen molar-refractivity contribution in [3.05, 3.63) is 240 Å². The molecule has 9 aromatic carbocycles. The van der Waals surface area contributed by atoms with Crippen molar-refractivity contribution < 1.29 is 0 Å². The molecular formula is C62H33N9. The number of benzene rings is 9. The van der Waals surface area contributed by atoms with Crippen LogP contribution in [0.4, 0.5) is 17.1 Å². The maximum Gasteiger partial charge on any atom is 0.198 e. The molecule has 13 aromatic rings. The first-order valence-corrected chi connectivity index (χ1v) is 22.9. The predicted octanol–water partition coefficient (Wildman–Crippen LogP) is 16.3. The van der Waals surface area contributed by atoms with Gasteiger partial charge in [-0.05, 0) is 102 Å². The van der Waals surface area contributed by atoms with Gasteiger partial charge in [0.15, 0.2) is 17.1 Å². The Hall–Kier alpha value is -10.6. The Kier molecular flexibility index (Phi) is 9.19. The third-order valence-corrected chi connectivity index (χ3v) is 13.5. The van der Waals surface area contributed by atoms with Gasteiger partial charge in [0.1, 0.15) is 5.82 Å². The number of para-hydroxylation sites is 4. The fourth-order valence-corrected chi connectivity index (χ4v) is 10.4. The first kappa shape index (κ1) is 40.7. The zero-order valence-electron chi connectivity index (χ0n) is 37.6. The Morgan fingerprint density at radius 3 is 1.45 bits per heavy atom. The van der Waals surface area contributed by atoms with Crippen LogP contribution < -0.4 is 0 Å². The molecule has 0 aliphatic rings. The lowest BCUT2D eigenvalue weighted by Crippen LogP contribution is -1.98. The van der Waals surface area contributed by atoms with Crippen LogP contribution in [-0.4, -0.2) is 23.7 Å². The first-order chi connectivity index (χ1) is 35.0. The molecular weight excluding hydrogens is 871 g/mol. The molecule has 0 amide bonds. The van der Waals surface area contributed by atoms with Crippen molar-refractivity contribution >= 4 is 82.5 Å². The zero-order chi connectivity index (χ0) is 47.7. The van der Waals surface area contributed by atoms with Gasteiger partial charge in [0, 0.05) is 60.7 Å². The molecule has 0 radical (unpaired) electrons. The van der Waals surface area contributed by atoms with Crippen LogP contribution in [0.2, 0.25) is 0 Å². The fraction of sp³-hybridized carbons (Fsp3) is 0. The third-order valence-electron chi connectivity index (χ3n) is 13.5. The van der Waals surface area contributed by atoms with Crippen LogP contribution in [-0.2, 0) is 0 Å². The van der Waals surface area contributed by atoms with Gasteiger partial charge < -0.3 is 13.7 Å². The van der Waals surface area contributed by atoms with Gasteiger partial charge in [-0.1, -0.05) is 103 Å². The van der Waals surface area contributed by atoms with E-state index in [0.717, 1.165) is 88.0 Å². The maximum absolute atomic E-state index is 9.86. The normalized spacial score (nSPS) is 11.3. The predicted molar refractivity (Wildman–Crippen MR) is 285 cm³/mol. The zero-order valence-corrected chi connectivity index (χ0v) is 37.6. The molecule has 0 atom stereocenters. The van der Waals surface area contributed by atoms with Crippen molar-refractivity contribution in [3.63, 3.8) is 0 Å². The van der Waals surface area contributed by atoms with Crippen LogP contribution in [0.3, 0.4) is 0 Å². The highest BCUT2D eigenvalue weighted by atomic mass is 15.0. The quantitative estimate of drug-likeness (QED) is 0.156. The smallest absolute Gasteiger partial charge is 0.198 e. The highest BCUT2D eigenvalue weighted by Crippen LogP contribution is 2.41. The van der Waals surface area contributed by atoms with Crippen molar-refractivity contribution in [1.29, 1.82) is 5.26 Å². The van der Waals surface area contributed by atoms with Gasteiger partial charge >= 0.3 is 0 Å². The molecule has 13 rings (SSSR count). The minimum Gasteiger partial charge on any atom is -0.309 e. The topological polar surface area (TPSA) is 77.4 Å². The van der Waals surface area contributed by atoms with Crippen LogP contribution >= 0.6 is 0 Å². The summed E-state index contributed by atoms with van der Waals surface area (Å²) in [6.07, 6.45) is 0. The van der Waals surface area contributed by atoms with E-state index in [-0.39, 0.29) is 0 Å². The molecule has 326 valence electrons. The Bertz CT molecular complexity index is 4310. The highest BCUT2D eigenvalue weighted by molar-refractivity contribution is 6.14. The van der Waals surface area contributed by atoms with Crippen molar-refractivity contribution in [1.82, 2.24) is 23.7 Å². The molecule has 9 nitrogen and oxygen atoms in total. The molecule has 9 heteroatoms. The molecule has 0 aliphatic heterocycles. The molecule has 0 unspecified atom stereocenters. The van der Waals surface area contributed by atoms with Crippen LogP contribution in [0.15, 0.2) is 200 Å². The van der Waals surface area contributed by atoms with Gasteiger partial charge in [0.25, 0.3) is 0 Å². The Labute approximate surface area is 406 Å². The SMILES string of the molecule is [C-]#[N+]c1ccc2c(c1)c1ccccc1n2-c1ccc2c(c1)c1cc(-n3c4ccccc4c4cc(C#N)ccc43)ccc1n2-c1ccc(-c2cc(-c3ccccc3[N+]#[C-])nc(-c3ccccc3[N+]#[C-])n2)cc1. The Morgan fingerprint density at radius 2 is 0.845 bits per heavy atom. The van der Waals surface area contributed by atoms with E-state index in [4.69, 9.17) is 29.7 Å². The van der Waals surface area contributed by atoms with Crippen LogP contribution in [0, 0.1) is 31.0 Å².